The van der Waals surface area contributed by atoms with Crippen LogP contribution in [0.4, 0.5) is 0 Å². The molecule has 0 amide bonds. The van der Waals surface area contributed by atoms with Crippen LogP contribution < -0.4 is 0 Å². The molecule has 2 aromatic carbocycles. The third-order valence-corrected chi connectivity index (χ3v) is 6.83. The molecule has 4 rings (SSSR count). The Morgan fingerprint density at radius 3 is 2.60 bits per heavy atom. The van der Waals surface area contributed by atoms with Gasteiger partial charge < -0.3 is 9.67 Å². The Kier molecular flexibility index (Phi) is 6.26. The number of halogens is 1. The van der Waals surface area contributed by atoms with Crippen LogP contribution in [0.15, 0.2) is 36.3 Å². The number of tetrazole rings is 1. The van der Waals surface area contributed by atoms with Crippen molar-refractivity contribution in [3.05, 3.63) is 69.7 Å². The van der Waals surface area contributed by atoms with E-state index in [0.29, 0.717) is 51.7 Å². The molecule has 2 unspecified atom stereocenters. The average molecular weight is 496 g/mol. The molecule has 0 aliphatic carbocycles. The molecule has 2 aromatic heterocycles. The van der Waals surface area contributed by atoms with Crippen LogP contribution in [0.3, 0.4) is 0 Å². The van der Waals surface area contributed by atoms with E-state index in [1.807, 2.05) is 36.6 Å². The number of nitrogens with zero attached hydrogens (tertiary/aromatic N) is 6. The molecule has 0 aliphatic heterocycles. The summed E-state index contributed by atoms with van der Waals surface area (Å²) >= 11 is 6.42. The van der Waals surface area contributed by atoms with E-state index < -0.39 is 6.04 Å². The topological polar surface area (TPSA) is 81.6 Å². The Hall–Kier alpha value is -3.03. The molecule has 0 bridgehead atoms. The van der Waals surface area contributed by atoms with Crippen molar-refractivity contribution in [1.82, 2.24) is 29.8 Å². The van der Waals surface area contributed by atoms with Crippen LogP contribution in [-0.2, 0) is 20.1 Å². The van der Waals surface area contributed by atoms with E-state index in [9.17, 15) is 5.11 Å². The van der Waals surface area contributed by atoms with E-state index in [4.69, 9.17) is 15.7 Å². The normalized spacial score (nSPS) is 14.5. The van der Waals surface area contributed by atoms with E-state index in [1.165, 1.54) is 4.80 Å². The summed E-state index contributed by atoms with van der Waals surface area (Å²) < 4.78 is 29.2. The highest BCUT2D eigenvalue weighted by atomic mass is 35.5. The first-order valence-electron chi connectivity index (χ1n) is 13.3. The van der Waals surface area contributed by atoms with Gasteiger partial charge in [-0.15, -0.1) is 10.2 Å². The standard InChI is InChI=1S/C27H33ClN6O/c1-7-16(2)13-24-29-26(28)23(15-35)34(24)19(5)21-12-11-20(14-18(21)4)25-17(3)9-8-10-22(25)27-30-32-33(6)31-27/h8-12,14,16,19,35H,7,13,15H2,1-6H3/i11D,12D,14D. The average Bonchev–Trinajstić information content (AvgIpc) is 3.45. The summed E-state index contributed by atoms with van der Waals surface area (Å²) in [6.07, 6.45) is 1.61. The van der Waals surface area contributed by atoms with Gasteiger partial charge in [-0.1, -0.05) is 68.2 Å². The molecule has 2 atom stereocenters. The van der Waals surface area contributed by atoms with Gasteiger partial charge in [0.15, 0.2) is 5.15 Å². The predicted octanol–water partition coefficient (Wildman–Crippen LogP) is 5.70. The number of rotatable bonds is 8. The third kappa shape index (κ3) is 4.88. The minimum Gasteiger partial charge on any atom is -0.390 e. The number of hydrogen-bond donors (Lipinski definition) is 1. The Bertz CT molecular complexity index is 1470. The summed E-state index contributed by atoms with van der Waals surface area (Å²) in [5.74, 6) is 1.45. The lowest BCUT2D eigenvalue weighted by molar-refractivity contribution is 0.268. The van der Waals surface area contributed by atoms with Crippen molar-refractivity contribution >= 4 is 11.6 Å². The summed E-state index contributed by atoms with van der Waals surface area (Å²) in [6.45, 7) is 9.54. The van der Waals surface area contributed by atoms with E-state index in [0.717, 1.165) is 17.8 Å². The Balaban J connectivity index is 1.94. The predicted molar refractivity (Wildman–Crippen MR) is 139 cm³/mol. The van der Waals surface area contributed by atoms with Gasteiger partial charge in [-0.2, -0.15) is 4.80 Å². The van der Waals surface area contributed by atoms with Crippen LogP contribution in [0.2, 0.25) is 5.15 Å². The molecule has 0 saturated heterocycles. The van der Waals surface area contributed by atoms with Crippen LogP contribution in [0.25, 0.3) is 22.5 Å². The largest absolute Gasteiger partial charge is 0.390 e. The highest BCUT2D eigenvalue weighted by Crippen LogP contribution is 2.36. The second-order valence-electron chi connectivity index (χ2n) is 9.08. The maximum absolute atomic E-state index is 10.1. The number of aryl methyl sites for hydroxylation is 2. The Labute approximate surface area is 216 Å². The molecule has 4 aromatic rings. The van der Waals surface area contributed by atoms with Crippen LogP contribution in [-0.4, -0.2) is 34.9 Å². The molecular weight excluding hydrogens is 460 g/mol. The minimum atomic E-state index is -0.469. The molecular formula is C27H33ClN6O. The molecule has 0 saturated carbocycles. The van der Waals surface area contributed by atoms with Crippen molar-refractivity contribution in [2.75, 3.05) is 0 Å². The zero-order chi connectivity index (χ0) is 27.9. The fraction of sp³-hybridized carbons (Fsp3) is 0.407. The lowest BCUT2D eigenvalue weighted by Crippen LogP contribution is -2.16. The fourth-order valence-corrected chi connectivity index (χ4v) is 4.69. The van der Waals surface area contributed by atoms with Gasteiger partial charge in [-0.05, 0) is 59.7 Å². The van der Waals surface area contributed by atoms with E-state index >= 15 is 0 Å². The van der Waals surface area contributed by atoms with Gasteiger partial charge in [0, 0.05) is 12.0 Å². The smallest absolute Gasteiger partial charge is 0.205 e. The van der Waals surface area contributed by atoms with E-state index in [-0.39, 0.29) is 29.9 Å². The van der Waals surface area contributed by atoms with Gasteiger partial charge >= 0.3 is 0 Å². The first kappa shape index (κ1) is 21.3. The molecule has 184 valence electrons. The summed E-state index contributed by atoms with van der Waals surface area (Å²) in [6, 6.07) is 5.28. The molecule has 0 radical (unpaired) electrons. The summed E-state index contributed by atoms with van der Waals surface area (Å²) in [5.41, 5.74) is 4.08. The number of benzene rings is 2. The van der Waals surface area contributed by atoms with E-state index in [1.54, 1.807) is 14.0 Å². The van der Waals surface area contributed by atoms with Crippen LogP contribution in [0.5, 0.6) is 0 Å². The van der Waals surface area contributed by atoms with Crippen molar-refractivity contribution in [1.29, 1.82) is 0 Å². The number of imidazole rings is 1. The zero-order valence-electron chi connectivity index (χ0n) is 24.0. The highest BCUT2D eigenvalue weighted by Gasteiger charge is 2.23. The maximum atomic E-state index is 10.1. The van der Waals surface area contributed by atoms with Crippen LogP contribution in [0.1, 0.15) is 65.6 Å². The molecule has 7 nitrogen and oxygen atoms in total. The fourth-order valence-electron chi connectivity index (χ4n) is 4.44. The summed E-state index contributed by atoms with van der Waals surface area (Å²) in [5, 5.41) is 22.8. The SMILES string of the molecule is [2H]c1c([2H])c(C(C)n2c(CC(C)CC)nc(Cl)c2CO)c(C)c([2H])c1-c1c(C)cccc1-c1nnn(C)n1. The third-order valence-electron chi connectivity index (χ3n) is 6.53. The second-order valence-corrected chi connectivity index (χ2v) is 9.43. The van der Waals surface area contributed by atoms with Gasteiger partial charge in [0.1, 0.15) is 5.82 Å². The summed E-state index contributed by atoms with van der Waals surface area (Å²) in [7, 11) is 1.68. The lowest BCUT2D eigenvalue weighted by Gasteiger charge is -2.23. The Morgan fingerprint density at radius 2 is 1.94 bits per heavy atom. The first-order chi connectivity index (χ1) is 18.0. The van der Waals surface area contributed by atoms with Gasteiger partial charge in [-0.3, -0.25) is 0 Å². The minimum absolute atomic E-state index is 0.0190. The molecule has 35 heavy (non-hydrogen) atoms. The number of hydrogen-bond acceptors (Lipinski definition) is 5. The number of aliphatic hydroxyl groups is 1. The van der Waals surface area contributed by atoms with Crippen molar-refractivity contribution in [2.24, 2.45) is 13.0 Å². The number of aromatic nitrogens is 6. The van der Waals surface area contributed by atoms with Crippen LogP contribution in [0, 0.1) is 19.8 Å². The van der Waals surface area contributed by atoms with Crippen molar-refractivity contribution in [3.8, 4) is 22.5 Å². The van der Waals surface area contributed by atoms with Gasteiger partial charge in [-0.25, -0.2) is 4.98 Å². The Morgan fingerprint density at radius 1 is 1.17 bits per heavy atom. The second kappa shape index (κ2) is 10.3. The molecule has 0 aliphatic rings. The molecule has 0 spiro atoms. The van der Waals surface area contributed by atoms with Gasteiger partial charge in [0.05, 0.1) is 29.5 Å². The zero-order valence-corrected chi connectivity index (χ0v) is 21.8. The maximum Gasteiger partial charge on any atom is 0.205 e. The van der Waals surface area contributed by atoms with Crippen molar-refractivity contribution in [3.63, 3.8) is 0 Å². The quantitative estimate of drug-likeness (QED) is 0.339. The van der Waals surface area contributed by atoms with Gasteiger partial charge in [0.25, 0.3) is 0 Å². The molecule has 0 fully saturated rings. The summed E-state index contributed by atoms with van der Waals surface area (Å²) in [4.78, 5) is 5.90. The van der Waals surface area contributed by atoms with E-state index in [2.05, 4.69) is 34.2 Å². The van der Waals surface area contributed by atoms with Crippen molar-refractivity contribution < 1.29 is 9.22 Å². The first-order valence-corrected chi connectivity index (χ1v) is 12.2. The van der Waals surface area contributed by atoms with Crippen LogP contribution >= 0.6 is 11.6 Å². The van der Waals surface area contributed by atoms with Crippen molar-refractivity contribution in [2.45, 2.75) is 60.1 Å². The lowest BCUT2D eigenvalue weighted by atomic mass is 9.91. The van der Waals surface area contributed by atoms with Gasteiger partial charge in [0.2, 0.25) is 5.82 Å². The monoisotopic (exact) mass is 495 g/mol. The molecule has 1 N–H and O–H groups in total. The molecule has 2 heterocycles. The molecule has 8 heteroatoms. The highest BCUT2D eigenvalue weighted by molar-refractivity contribution is 6.30. The number of aliphatic hydroxyl groups excluding tert-OH is 1.